The summed E-state index contributed by atoms with van der Waals surface area (Å²) in [6, 6.07) is 2.23. The van der Waals surface area contributed by atoms with Crippen LogP contribution in [-0.4, -0.2) is 29.9 Å². The summed E-state index contributed by atoms with van der Waals surface area (Å²) in [5.41, 5.74) is 7.07. The minimum atomic E-state index is 0.182. The average molecular weight is 252 g/mol. The number of carbonyl (C=O) groups excluding carboxylic acids is 1. The van der Waals surface area contributed by atoms with E-state index in [0.717, 1.165) is 30.8 Å². The molecule has 1 amide bonds. The first-order valence-corrected chi connectivity index (χ1v) is 7.12. The lowest BCUT2D eigenvalue weighted by molar-refractivity contribution is 0.0790. The lowest BCUT2D eigenvalue weighted by Crippen LogP contribution is -2.32. The summed E-state index contributed by atoms with van der Waals surface area (Å²) in [4.78, 5) is 15.2. The number of carbonyl (C=O) groups is 1. The second-order valence-electron chi connectivity index (χ2n) is 4.79. The number of rotatable bonds is 3. The summed E-state index contributed by atoms with van der Waals surface area (Å²) < 4.78 is 0. The number of likely N-dealkylation sites (tertiary alicyclic amines) is 1. The highest BCUT2D eigenvalue weighted by Crippen LogP contribution is 2.24. The molecule has 1 aliphatic rings. The summed E-state index contributed by atoms with van der Waals surface area (Å²) in [6.45, 7) is 5.79. The Balaban J connectivity index is 2.07. The van der Waals surface area contributed by atoms with Crippen molar-refractivity contribution in [3.05, 3.63) is 21.9 Å². The molecule has 2 unspecified atom stereocenters. The molecule has 4 heteroatoms. The van der Waals surface area contributed by atoms with Crippen molar-refractivity contribution in [1.82, 2.24) is 4.90 Å². The summed E-state index contributed by atoms with van der Waals surface area (Å²) in [6.07, 6.45) is 1.96. The molecule has 2 heterocycles. The van der Waals surface area contributed by atoms with E-state index in [-0.39, 0.29) is 11.9 Å². The van der Waals surface area contributed by atoms with Crippen LogP contribution in [0, 0.1) is 5.92 Å². The molecule has 2 rings (SSSR count). The molecule has 2 atom stereocenters. The van der Waals surface area contributed by atoms with Gasteiger partial charge >= 0.3 is 0 Å². The van der Waals surface area contributed by atoms with Crippen molar-refractivity contribution in [2.24, 2.45) is 11.7 Å². The van der Waals surface area contributed by atoms with Gasteiger partial charge in [0.25, 0.3) is 5.91 Å². The molecule has 0 saturated carbocycles. The van der Waals surface area contributed by atoms with Gasteiger partial charge in [-0.25, -0.2) is 0 Å². The molecule has 17 heavy (non-hydrogen) atoms. The smallest absolute Gasteiger partial charge is 0.264 e. The van der Waals surface area contributed by atoms with Crippen molar-refractivity contribution in [2.45, 2.75) is 32.7 Å². The molecule has 1 fully saturated rings. The van der Waals surface area contributed by atoms with Crippen LogP contribution in [0.2, 0.25) is 0 Å². The first-order chi connectivity index (χ1) is 8.13. The van der Waals surface area contributed by atoms with E-state index in [4.69, 9.17) is 5.73 Å². The Morgan fingerprint density at radius 2 is 2.47 bits per heavy atom. The average Bonchev–Trinajstić information content (AvgIpc) is 2.96. The largest absolute Gasteiger partial charge is 0.338 e. The van der Waals surface area contributed by atoms with Crippen LogP contribution in [0.15, 0.2) is 11.4 Å². The van der Waals surface area contributed by atoms with Gasteiger partial charge in [0.05, 0.1) is 4.88 Å². The number of aryl methyl sites for hydroxylation is 1. The van der Waals surface area contributed by atoms with Gasteiger partial charge < -0.3 is 10.6 Å². The van der Waals surface area contributed by atoms with Gasteiger partial charge in [0, 0.05) is 19.1 Å². The van der Waals surface area contributed by atoms with Gasteiger partial charge in [-0.15, -0.1) is 11.3 Å². The van der Waals surface area contributed by atoms with Crippen LogP contribution < -0.4 is 5.73 Å². The molecule has 2 N–H and O–H groups in total. The fourth-order valence-corrected chi connectivity index (χ4v) is 3.31. The molecule has 3 nitrogen and oxygen atoms in total. The monoisotopic (exact) mass is 252 g/mol. The van der Waals surface area contributed by atoms with Gasteiger partial charge in [-0.3, -0.25) is 4.79 Å². The highest BCUT2D eigenvalue weighted by atomic mass is 32.1. The van der Waals surface area contributed by atoms with Crippen LogP contribution in [0.3, 0.4) is 0 Å². The fraction of sp³-hybridized carbons (Fsp3) is 0.615. The maximum absolute atomic E-state index is 12.4. The van der Waals surface area contributed by atoms with E-state index < -0.39 is 0 Å². The van der Waals surface area contributed by atoms with Gasteiger partial charge in [0.2, 0.25) is 0 Å². The van der Waals surface area contributed by atoms with Crippen LogP contribution in [0.1, 0.15) is 35.5 Å². The Kier molecular flexibility index (Phi) is 3.84. The minimum absolute atomic E-state index is 0.182. The third-order valence-corrected chi connectivity index (χ3v) is 4.52. The van der Waals surface area contributed by atoms with E-state index >= 15 is 0 Å². The number of nitrogens with zero attached hydrogens (tertiary/aromatic N) is 1. The lowest BCUT2D eigenvalue weighted by Gasteiger charge is -2.18. The van der Waals surface area contributed by atoms with E-state index in [2.05, 4.69) is 13.0 Å². The molecule has 0 radical (unpaired) electrons. The van der Waals surface area contributed by atoms with Crippen molar-refractivity contribution in [3.8, 4) is 0 Å². The predicted molar refractivity (Wildman–Crippen MR) is 71.4 cm³/mol. The van der Waals surface area contributed by atoms with Crippen molar-refractivity contribution in [2.75, 3.05) is 13.1 Å². The van der Waals surface area contributed by atoms with E-state index in [1.807, 2.05) is 17.2 Å². The second kappa shape index (κ2) is 5.19. The Hall–Kier alpha value is -0.870. The standard InChI is InChI=1S/C13H20N2OS/c1-3-10-5-7-17-12(10)13(16)15-6-4-11(8-15)9(2)14/h5,7,9,11H,3-4,6,8,14H2,1-2H3. The highest BCUT2D eigenvalue weighted by Gasteiger charge is 2.30. The van der Waals surface area contributed by atoms with Crippen LogP contribution in [0.4, 0.5) is 0 Å². The zero-order valence-corrected chi connectivity index (χ0v) is 11.3. The minimum Gasteiger partial charge on any atom is -0.338 e. The molecular formula is C13H20N2OS. The van der Waals surface area contributed by atoms with E-state index in [9.17, 15) is 4.79 Å². The summed E-state index contributed by atoms with van der Waals surface area (Å²) in [7, 11) is 0. The van der Waals surface area contributed by atoms with Crippen LogP contribution in [0.5, 0.6) is 0 Å². The van der Waals surface area contributed by atoms with Crippen LogP contribution in [0.25, 0.3) is 0 Å². The van der Waals surface area contributed by atoms with Gasteiger partial charge in [0.15, 0.2) is 0 Å². The lowest BCUT2D eigenvalue weighted by atomic mass is 10.0. The topological polar surface area (TPSA) is 46.3 Å². The molecule has 0 aromatic carbocycles. The Bertz CT molecular complexity index is 400. The molecule has 1 saturated heterocycles. The van der Waals surface area contributed by atoms with Gasteiger partial charge in [0.1, 0.15) is 0 Å². The molecule has 1 aromatic heterocycles. The van der Waals surface area contributed by atoms with Crippen molar-refractivity contribution < 1.29 is 4.79 Å². The van der Waals surface area contributed by atoms with Crippen LogP contribution >= 0.6 is 11.3 Å². The first-order valence-electron chi connectivity index (χ1n) is 6.24. The molecule has 0 spiro atoms. The summed E-state index contributed by atoms with van der Waals surface area (Å²) >= 11 is 1.56. The quantitative estimate of drug-likeness (QED) is 0.895. The van der Waals surface area contributed by atoms with Crippen LogP contribution in [-0.2, 0) is 6.42 Å². The zero-order valence-electron chi connectivity index (χ0n) is 10.5. The predicted octanol–water partition coefficient (Wildman–Crippen LogP) is 2.12. The first kappa shape index (κ1) is 12.6. The number of nitrogens with two attached hydrogens (primary N) is 1. The van der Waals surface area contributed by atoms with E-state index in [0.29, 0.717) is 5.92 Å². The van der Waals surface area contributed by atoms with Gasteiger partial charge in [-0.1, -0.05) is 6.92 Å². The number of hydrogen-bond acceptors (Lipinski definition) is 3. The molecular weight excluding hydrogens is 232 g/mol. The maximum Gasteiger partial charge on any atom is 0.264 e. The normalized spacial score (nSPS) is 21.8. The SMILES string of the molecule is CCc1ccsc1C(=O)N1CCC(C(C)N)C1. The summed E-state index contributed by atoms with van der Waals surface area (Å²) in [5.74, 6) is 0.656. The Morgan fingerprint density at radius 1 is 1.71 bits per heavy atom. The molecule has 0 aliphatic carbocycles. The number of hydrogen-bond donors (Lipinski definition) is 1. The third kappa shape index (κ3) is 2.53. The molecule has 1 aromatic rings. The maximum atomic E-state index is 12.4. The van der Waals surface area contributed by atoms with Crippen molar-refractivity contribution in [1.29, 1.82) is 0 Å². The van der Waals surface area contributed by atoms with E-state index in [1.54, 1.807) is 11.3 Å². The van der Waals surface area contributed by atoms with Crippen molar-refractivity contribution >= 4 is 17.2 Å². The number of amides is 1. The van der Waals surface area contributed by atoms with Gasteiger partial charge in [-0.05, 0) is 42.7 Å². The molecule has 1 aliphatic heterocycles. The third-order valence-electron chi connectivity index (χ3n) is 3.58. The highest BCUT2D eigenvalue weighted by molar-refractivity contribution is 7.12. The fourth-order valence-electron chi connectivity index (χ4n) is 2.35. The Morgan fingerprint density at radius 3 is 3.06 bits per heavy atom. The Labute approximate surface area is 107 Å². The number of thiophene rings is 1. The molecule has 0 bridgehead atoms. The van der Waals surface area contributed by atoms with Gasteiger partial charge in [-0.2, -0.15) is 0 Å². The van der Waals surface area contributed by atoms with Crippen molar-refractivity contribution in [3.63, 3.8) is 0 Å². The molecule has 94 valence electrons. The zero-order chi connectivity index (χ0) is 12.4. The second-order valence-corrected chi connectivity index (χ2v) is 5.70. The van der Waals surface area contributed by atoms with E-state index in [1.165, 1.54) is 5.56 Å². The summed E-state index contributed by atoms with van der Waals surface area (Å²) in [5, 5.41) is 2.01.